The zero-order valence-corrected chi connectivity index (χ0v) is 27.7. The van der Waals surface area contributed by atoms with Gasteiger partial charge in [0.2, 0.25) is 0 Å². The van der Waals surface area contributed by atoms with Gasteiger partial charge in [-0.3, -0.25) is 4.79 Å². The molecule has 10 atom stereocenters. The molecule has 9 heteroatoms. The maximum atomic E-state index is 14.1. The van der Waals surface area contributed by atoms with Gasteiger partial charge in [-0.15, -0.1) is 0 Å². The van der Waals surface area contributed by atoms with E-state index in [1.54, 1.807) is 13.0 Å². The third-order valence-corrected chi connectivity index (χ3v) is 10.1. The van der Waals surface area contributed by atoms with Crippen molar-refractivity contribution in [2.24, 2.45) is 28.8 Å². The van der Waals surface area contributed by atoms with E-state index in [1.807, 2.05) is 26.0 Å². The van der Waals surface area contributed by atoms with E-state index in [0.717, 1.165) is 12.0 Å². The van der Waals surface area contributed by atoms with Crippen molar-refractivity contribution >= 4 is 11.7 Å². The fraction of sp³-hybridized carbons (Fsp3) is 0.667. The SMILES string of the molecule is CC1=C[C@H]2C(=O)O[C@H]3C[C@@H](C/C=C(\C)C[C@@H](C)/C=C/C=C4\CO[C@H]([C@@H]1O)[C@@]42O)O[C@@]1(C/C(=N\O)[C@H](C)[C@@H](/C(C)=C/C(C)C)O1)C3. The molecule has 0 aromatic heterocycles. The number of nitrogens with zero attached hydrogens (tertiary/aromatic N) is 1. The van der Waals surface area contributed by atoms with Gasteiger partial charge in [-0.05, 0) is 62.2 Å². The standard InChI is InChI=1S/C36H51NO8/c1-20(2)13-24(6)32-25(7)30(37-41)18-35(45-32)17-28-16-27(44-35)12-11-22(4)14-21(3)9-8-10-26-19-42-33-31(38)23(5)15-29(34(39)43-28)36(26,33)40/h8-11,13,15,20-21,25,27-29,31-33,38,40-41H,12,14,16-19H2,1-7H3/b9-8+,22-11+,24-13+,26-10+,37-30+/t21-,25-,27+,28-,29-,31+,32+,33+,35-,36+/m0/s1. The number of carbonyl (C=O) groups is 1. The molecule has 9 nitrogen and oxygen atoms in total. The normalized spacial score (nSPS) is 45.3. The van der Waals surface area contributed by atoms with Gasteiger partial charge in [0.15, 0.2) is 5.79 Å². The summed E-state index contributed by atoms with van der Waals surface area (Å²) in [6.07, 6.45) is 10.8. The lowest BCUT2D eigenvalue weighted by Gasteiger charge is -2.50. The van der Waals surface area contributed by atoms with Gasteiger partial charge < -0.3 is 34.4 Å². The third-order valence-electron chi connectivity index (χ3n) is 10.1. The number of oxime groups is 1. The second kappa shape index (κ2) is 13.3. The van der Waals surface area contributed by atoms with Crippen molar-refractivity contribution in [3.8, 4) is 0 Å². The Bertz CT molecular complexity index is 1330. The summed E-state index contributed by atoms with van der Waals surface area (Å²) in [4.78, 5) is 14.1. The highest BCUT2D eigenvalue weighted by atomic mass is 16.7. The molecule has 0 aromatic rings. The van der Waals surface area contributed by atoms with Crippen molar-refractivity contribution in [3.05, 3.63) is 58.7 Å². The van der Waals surface area contributed by atoms with E-state index in [2.05, 4.69) is 51.1 Å². The minimum Gasteiger partial charge on any atom is -0.462 e. The molecule has 5 rings (SSSR count). The van der Waals surface area contributed by atoms with Crippen LogP contribution in [0.2, 0.25) is 0 Å². The van der Waals surface area contributed by atoms with Gasteiger partial charge in [-0.25, -0.2) is 0 Å². The van der Waals surface area contributed by atoms with Crippen LogP contribution in [0.1, 0.15) is 80.6 Å². The van der Waals surface area contributed by atoms with Gasteiger partial charge in [0, 0.05) is 25.2 Å². The molecule has 248 valence electrons. The zero-order valence-electron chi connectivity index (χ0n) is 27.7. The lowest BCUT2D eigenvalue weighted by Crippen LogP contribution is -2.59. The Hall–Kier alpha value is -2.56. The van der Waals surface area contributed by atoms with Crippen LogP contribution in [0, 0.1) is 23.7 Å². The summed E-state index contributed by atoms with van der Waals surface area (Å²) in [5.74, 6) is -2.45. The fourth-order valence-corrected chi connectivity index (χ4v) is 7.83. The van der Waals surface area contributed by atoms with Crippen molar-refractivity contribution in [1.82, 2.24) is 0 Å². The molecule has 3 saturated heterocycles. The van der Waals surface area contributed by atoms with E-state index < -0.39 is 41.6 Å². The number of hydrogen-bond donors (Lipinski definition) is 3. The summed E-state index contributed by atoms with van der Waals surface area (Å²) in [6.45, 7) is 14.3. The van der Waals surface area contributed by atoms with Crippen LogP contribution in [-0.2, 0) is 23.7 Å². The van der Waals surface area contributed by atoms with Crippen LogP contribution < -0.4 is 0 Å². The van der Waals surface area contributed by atoms with Crippen LogP contribution in [0.25, 0.3) is 0 Å². The molecule has 0 saturated carbocycles. The second-order valence-electron chi connectivity index (χ2n) is 14.3. The van der Waals surface area contributed by atoms with Crippen molar-refractivity contribution in [2.45, 2.75) is 122 Å². The summed E-state index contributed by atoms with van der Waals surface area (Å²) in [6, 6.07) is 0. The Balaban J connectivity index is 1.54. The average Bonchev–Trinajstić information content (AvgIpc) is 3.30. The first-order valence-corrected chi connectivity index (χ1v) is 16.5. The van der Waals surface area contributed by atoms with Gasteiger partial charge in [0.1, 0.15) is 29.8 Å². The van der Waals surface area contributed by atoms with Crippen LogP contribution in [0.5, 0.6) is 0 Å². The van der Waals surface area contributed by atoms with Gasteiger partial charge >= 0.3 is 5.97 Å². The molecule has 0 amide bonds. The molecule has 0 unspecified atom stereocenters. The summed E-state index contributed by atoms with van der Waals surface area (Å²) in [5.41, 5.74) is 2.15. The van der Waals surface area contributed by atoms with Gasteiger partial charge in [-0.1, -0.05) is 74.9 Å². The maximum Gasteiger partial charge on any atom is 0.316 e. The monoisotopic (exact) mass is 625 g/mol. The maximum absolute atomic E-state index is 14.1. The quantitative estimate of drug-likeness (QED) is 0.158. The first kappa shape index (κ1) is 33.8. The Morgan fingerprint density at radius 3 is 2.64 bits per heavy atom. The number of carbonyl (C=O) groups excluding carboxylic acids is 1. The number of fused-ring (bicyclic) bond motifs is 2. The van der Waals surface area contributed by atoms with Crippen LogP contribution >= 0.6 is 0 Å². The summed E-state index contributed by atoms with van der Waals surface area (Å²) in [7, 11) is 0. The molecule has 4 aliphatic heterocycles. The molecule has 2 bridgehead atoms. The number of rotatable bonds is 2. The van der Waals surface area contributed by atoms with Crippen molar-refractivity contribution < 1.29 is 39.2 Å². The van der Waals surface area contributed by atoms with Gasteiger partial charge in [0.25, 0.3) is 0 Å². The molecule has 45 heavy (non-hydrogen) atoms. The lowest BCUT2D eigenvalue weighted by atomic mass is 9.71. The number of allylic oxidation sites excluding steroid dienone is 5. The first-order chi connectivity index (χ1) is 21.3. The van der Waals surface area contributed by atoms with E-state index >= 15 is 0 Å². The van der Waals surface area contributed by atoms with Crippen LogP contribution in [0.3, 0.4) is 0 Å². The van der Waals surface area contributed by atoms with Crippen molar-refractivity contribution in [2.75, 3.05) is 6.61 Å². The minimum atomic E-state index is -1.75. The predicted octanol–water partition coefficient (Wildman–Crippen LogP) is 5.56. The Morgan fingerprint density at radius 1 is 1.18 bits per heavy atom. The zero-order chi connectivity index (χ0) is 32.7. The summed E-state index contributed by atoms with van der Waals surface area (Å²) >= 11 is 0. The molecule has 1 aliphatic carbocycles. The minimum absolute atomic E-state index is 0.100. The molecular weight excluding hydrogens is 574 g/mol. The molecule has 0 radical (unpaired) electrons. The van der Waals surface area contributed by atoms with Crippen LogP contribution in [0.4, 0.5) is 0 Å². The first-order valence-electron chi connectivity index (χ1n) is 16.5. The van der Waals surface area contributed by atoms with Crippen molar-refractivity contribution in [1.29, 1.82) is 0 Å². The number of aliphatic hydroxyl groups excluding tert-OH is 1. The number of ether oxygens (including phenoxy) is 4. The molecule has 3 fully saturated rings. The second-order valence-corrected chi connectivity index (χ2v) is 14.3. The Kier molecular flexibility index (Phi) is 9.97. The molecule has 3 N–H and O–H groups in total. The van der Waals surface area contributed by atoms with Crippen molar-refractivity contribution in [3.63, 3.8) is 0 Å². The third kappa shape index (κ3) is 6.79. The van der Waals surface area contributed by atoms with Crippen LogP contribution in [0.15, 0.2) is 63.9 Å². The Morgan fingerprint density at radius 2 is 1.93 bits per heavy atom. The highest BCUT2D eigenvalue weighted by Crippen LogP contribution is 2.47. The molecule has 5 aliphatic rings. The average molecular weight is 626 g/mol. The predicted molar refractivity (Wildman–Crippen MR) is 171 cm³/mol. The van der Waals surface area contributed by atoms with Gasteiger partial charge in [0.05, 0.1) is 24.5 Å². The van der Waals surface area contributed by atoms with E-state index in [-0.39, 0.29) is 43.5 Å². The Labute approximate surface area is 267 Å². The van der Waals surface area contributed by atoms with Crippen LogP contribution in [-0.4, -0.2) is 75.6 Å². The highest BCUT2D eigenvalue weighted by molar-refractivity contribution is 5.88. The lowest BCUT2D eigenvalue weighted by molar-refractivity contribution is -0.313. The largest absolute Gasteiger partial charge is 0.462 e. The molecule has 1 spiro atoms. The summed E-state index contributed by atoms with van der Waals surface area (Å²) < 4.78 is 25.8. The number of esters is 1. The fourth-order valence-electron chi connectivity index (χ4n) is 7.83. The number of aliphatic hydroxyl groups is 2. The smallest absolute Gasteiger partial charge is 0.316 e. The molecule has 4 heterocycles. The van der Waals surface area contributed by atoms with Gasteiger partial charge in [-0.2, -0.15) is 0 Å². The molecular formula is C36H51NO8. The summed E-state index contributed by atoms with van der Waals surface area (Å²) in [5, 5.41) is 36.8. The van der Waals surface area contributed by atoms with E-state index in [9.17, 15) is 20.2 Å². The topological polar surface area (TPSA) is 127 Å². The highest BCUT2D eigenvalue weighted by Gasteiger charge is 2.60. The van der Waals surface area contributed by atoms with E-state index in [4.69, 9.17) is 18.9 Å². The van der Waals surface area contributed by atoms with E-state index in [0.29, 0.717) is 35.6 Å². The number of hydrogen-bond acceptors (Lipinski definition) is 9. The molecule has 0 aromatic carbocycles. The van der Waals surface area contributed by atoms with E-state index in [1.165, 1.54) is 5.57 Å².